The molecule has 4 nitrogen and oxygen atoms in total. The lowest BCUT2D eigenvalue weighted by molar-refractivity contribution is 0.274. The monoisotopic (exact) mass is 270 g/mol. The Kier molecular flexibility index (Phi) is 3.78. The van der Waals surface area contributed by atoms with Gasteiger partial charge in [-0.2, -0.15) is 0 Å². The summed E-state index contributed by atoms with van der Waals surface area (Å²) in [5, 5.41) is 9.63. The van der Waals surface area contributed by atoms with Gasteiger partial charge in [0.2, 0.25) is 5.88 Å². The second-order valence-electron chi connectivity index (χ2n) is 3.16. The van der Waals surface area contributed by atoms with Crippen molar-refractivity contribution in [1.82, 2.24) is 9.97 Å². The molecule has 0 spiro atoms. The van der Waals surface area contributed by atoms with Crippen molar-refractivity contribution < 1.29 is 9.84 Å². The number of hydrogen-bond acceptors (Lipinski definition) is 4. The Bertz CT molecular complexity index is 535. The molecule has 1 aromatic heterocycles. The molecule has 0 bridgehead atoms. The van der Waals surface area contributed by atoms with Gasteiger partial charge < -0.3 is 9.84 Å². The van der Waals surface area contributed by atoms with Crippen LogP contribution in [0.3, 0.4) is 0 Å². The van der Waals surface area contributed by atoms with Crippen LogP contribution in [0.1, 0.15) is 5.69 Å². The van der Waals surface area contributed by atoms with E-state index in [2.05, 4.69) is 9.97 Å². The summed E-state index contributed by atoms with van der Waals surface area (Å²) < 4.78 is 5.43. The zero-order chi connectivity index (χ0) is 12.3. The van der Waals surface area contributed by atoms with Crippen molar-refractivity contribution in [3.63, 3.8) is 0 Å². The Balaban J connectivity index is 2.28. The van der Waals surface area contributed by atoms with Gasteiger partial charge in [0.05, 0.1) is 29.7 Å². The highest BCUT2D eigenvalue weighted by Gasteiger charge is 2.07. The Morgan fingerprint density at radius 1 is 1.24 bits per heavy atom. The third-order valence-electron chi connectivity index (χ3n) is 1.96. The van der Waals surface area contributed by atoms with Crippen molar-refractivity contribution >= 4 is 23.2 Å². The summed E-state index contributed by atoms with van der Waals surface area (Å²) >= 11 is 11.8. The van der Waals surface area contributed by atoms with Gasteiger partial charge in [0.1, 0.15) is 10.8 Å². The molecule has 17 heavy (non-hydrogen) atoms. The van der Waals surface area contributed by atoms with Crippen molar-refractivity contribution in [2.75, 3.05) is 0 Å². The van der Waals surface area contributed by atoms with Gasteiger partial charge in [0.25, 0.3) is 0 Å². The molecule has 0 saturated carbocycles. The number of ether oxygens (including phenoxy) is 1. The Morgan fingerprint density at radius 3 is 2.82 bits per heavy atom. The standard InChI is InChI=1S/C11H8Cl2N2O2/c12-8-2-1-3-9(11(8)13)17-10-5-14-4-7(6-16)15-10/h1-5,16H,6H2. The van der Waals surface area contributed by atoms with Gasteiger partial charge in [-0.3, -0.25) is 4.98 Å². The summed E-state index contributed by atoms with van der Waals surface area (Å²) in [6, 6.07) is 5.04. The van der Waals surface area contributed by atoms with Crippen LogP contribution in [-0.2, 0) is 6.61 Å². The highest BCUT2D eigenvalue weighted by atomic mass is 35.5. The maximum Gasteiger partial charge on any atom is 0.238 e. The highest BCUT2D eigenvalue weighted by Crippen LogP contribution is 2.33. The van der Waals surface area contributed by atoms with Crippen LogP contribution in [0.4, 0.5) is 0 Å². The van der Waals surface area contributed by atoms with Gasteiger partial charge in [-0.1, -0.05) is 29.3 Å². The third kappa shape index (κ3) is 2.85. The molecule has 0 saturated heterocycles. The van der Waals surface area contributed by atoms with Crippen molar-refractivity contribution in [2.24, 2.45) is 0 Å². The molecule has 6 heteroatoms. The smallest absolute Gasteiger partial charge is 0.238 e. The average molecular weight is 271 g/mol. The van der Waals surface area contributed by atoms with Crippen molar-refractivity contribution in [1.29, 1.82) is 0 Å². The van der Waals surface area contributed by atoms with Gasteiger partial charge in [-0.15, -0.1) is 0 Å². The molecule has 0 fully saturated rings. The summed E-state index contributed by atoms with van der Waals surface area (Å²) in [6.45, 7) is -0.201. The number of benzene rings is 1. The zero-order valence-electron chi connectivity index (χ0n) is 8.60. The van der Waals surface area contributed by atoms with E-state index in [1.165, 1.54) is 12.4 Å². The maximum atomic E-state index is 8.92. The minimum absolute atomic E-state index is 0.201. The van der Waals surface area contributed by atoms with E-state index >= 15 is 0 Å². The Hall–Kier alpha value is -1.36. The van der Waals surface area contributed by atoms with E-state index < -0.39 is 0 Å². The van der Waals surface area contributed by atoms with Gasteiger partial charge in [0.15, 0.2) is 0 Å². The van der Waals surface area contributed by atoms with Gasteiger partial charge in [-0.25, -0.2) is 4.98 Å². The third-order valence-corrected chi connectivity index (χ3v) is 2.76. The molecule has 0 aliphatic heterocycles. The minimum atomic E-state index is -0.201. The number of nitrogens with zero attached hydrogens (tertiary/aromatic N) is 2. The first-order valence-corrected chi connectivity index (χ1v) is 5.50. The van der Waals surface area contributed by atoms with Crippen LogP contribution in [-0.4, -0.2) is 15.1 Å². The number of aliphatic hydroxyl groups is 1. The molecule has 2 aromatic rings. The number of rotatable bonds is 3. The molecule has 88 valence electrons. The van der Waals surface area contributed by atoms with Gasteiger partial charge in [-0.05, 0) is 12.1 Å². The topological polar surface area (TPSA) is 55.2 Å². The molecule has 0 radical (unpaired) electrons. The van der Waals surface area contributed by atoms with Crippen LogP contribution in [0.2, 0.25) is 10.0 Å². The van der Waals surface area contributed by atoms with E-state index in [0.29, 0.717) is 21.5 Å². The molecule has 1 heterocycles. The first kappa shape index (κ1) is 12.1. The lowest BCUT2D eigenvalue weighted by Crippen LogP contribution is -1.95. The Labute approximate surface area is 108 Å². The lowest BCUT2D eigenvalue weighted by Gasteiger charge is -2.07. The van der Waals surface area contributed by atoms with Crippen LogP contribution >= 0.6 is 23.2 Å². The predicted molar refractivity (Wildman–Crippen MR) is 64.5 cm³/mol. The fourth-order valence-corrected chi connectivity index (χ4v) is 1.52. The first-order chi connectivity index (χ1) is 8.20. The summed E-state index contributed by atoms with van der Waals surface area (Å²) in [5.74, 6) is 0.643. The summed E-state index contributed by atoms with van der Waals surface area (Å²) in [4.78, 5) is 7.90. The van der Waals surface area contributed by atoms with Crippen LogP contribution < -0.4 is 4.74 Å². The van der Waals surface area contributed by atoms with Gasteiger partial charge >= 0.3 is 0 Å². The molecule has 1 N–H and O–H groups in total. The van der Waals surface area contributed by atoms with E-state index in [-0.39, 0.29) is 12.5 Å². The Morgan fingerprint density at radius 2 is 2.06 bits per heavy atom. The summed E-state index contributed by atoms with van der Waals surface area (Å²) in [7, 11) is 0. The molecule has 0 unspecified atom stereocenters. The SMILES string of the molecule is OCc1cncc(Oc2cccc(Cl)c2Cl)n1. The quantitative estimate of drug-likeness (QED) is 0.932. The van der Waals surface area contributed by atoms with Gasteiger partial charge in [0, 0.05) is 0 Å². The van der Waals surface area contributed by atoms with Crippen molar-refractivity contribution in [3.8, 4) is 11.6 Å². The lowest BCUT2D eigenvalue weighted by atomic mass is 10.3. The number of halogens is 2. The second kappa shape index (κ2) is 5.31. The fraction of sp³-hybridized carbons (Fsp3) is 0.0909. The van der Waals surface area contributed by atoms with E-state index in [4.69, 9.17) is 33.0 Å². The van der Waals surface area contributed by atoms with Crippen LogP contribution in [0.25, 0.3) is 0 Å². The van der Waals surface area contributed by atoms with Crippen LogP contribution in [0, 0.1) is 0 Å². The van der Waals surface area contributed by atoms with Crippen LogP contribution in [0.5, 0.6) is 11.6 Å². The summed E-state index contributed by atoms with van der Waals surface area (Å²) in [6.07, 6.45) is 2.88. The average Bonchev–Trinajstić information content (AvgIpc) is 2.35. The first-order valence-electron chi connectivity index (χ1n) is 4.74. The fourth-order valence-electron chi connectivity index (χ4n) is 1.19. The highest BCUT2D eigenvalue weighted by molar-refractivity contribution is 6.42. The molecule has 0 aliphatic carbocycles. The van der Waals surface area contributed by atoms with Crippen LogP contribution in [0.15, 0.2) is 30.6 Å². The van der Waals surface area contributed by atoms with E-state index in [9.17, 15) is 0 Å². The molecule has 0 aliphatic rings. The van der Waals surface area contributed by atoms with Crippen molar-refractivity contribution in [3.05, 3.63) is 46.3 Å². The molecule has 0 amide bonds. The normalized spacial score (nSPS) is 10.3. The number of aromatic nitrogens is 2. The molecular formula is C11H8Cl2N2O2. The van der Waals surface area contributed by atoms with E-state index in [1.807, 2.05) is 0 Å². The maximum absolute atomic E-state index is 8.92. The minimum Gasteiger partial charge on any atom is -0.436 e. The van der Waals surface area contributed by atoms with Crippen molar-refractivity contribution in [2.45, 2.75) is 6.61 Å². The molecule has 0 atom stereocenters. The van der Waals surface area contributed by atoms with E-state index in [1.54, 1.807) is 18.2 Å². The molecular weight excluding hydrogens is 263 g/mol. The molecule has 1 aromatic carbocycles. The second-order valence-corrected chi connectivity index (χ2v) is 3.95. The predicted octanol–water partition coefficient (Wildman–Crippen LogP) is 3.07. The number of aliphatic hydroxyl groups excluding tert-OH is 1. The zero-order valence-corrected chi connectivity index (χ0v) is 10.1. The summed E-state index contributed by atoms with van der Waals surface area (Å²) in [5.41, 5.74) is 0.417. The number of hydrogen-bond donors (Lipinski definition) is 1. The van der Waals surface area contributed by atoms with E-state index in [0.717, 1.165) is 0 Å². The molecule has 2 rings (SSSR count). The largest absolute Gasteiger partial charge is 0.436 e.